The van der Waals surface area contributed by atoms with Crippen LogP contribution in [0.5, 0.6) is 0 Å². The van der Waals surface area contributed by atoms with Gasteiger partial charge in [0.2, 0.25) is 5.91 Å². The van der Waals surface area contributed by atoms with E-state index in [-0.39, 0.29) is 29.1 Å². The number of hydrogen-bond donors (Lipinski definition) is 1. The third-order valence-electron chi connectivity index (χ3n) is 6.13. The number of amides is 1. The maximum Gasteiger partial charge on any atom is 0.223 e. The number of nitrogens with one attached hydrogen (secondary N) is 1. The van der Waals surface area contributed by atoms with E-state index in [0.29, 0.717) is 17.1 Å². The zero-order valence-corrected chi connectivity index (χ0v) is 18.9. The topological polar surface area (TPSA) is 32.3 Å². The highest BCUT2D eigenvalue weighted by atomic mass is 35.5. The van der Waals surface area contributed by atoms with E-state index >= 15 is 0 Å². The first-order chi connectivity index (χ1) is 14.2. The van der Waals surface area contributed by atoms with Crippen LogP contribution in [0, 0.1) is 11.7 Å². The Bertz CT molecular complexity index is 847. The van der Waals surface area contributed by atoms with Crippen molar-refractivity contribution in [2.75, 3.05) is 13.1 Å². The largest absolute Gasteiger partial charge is 0.353 e. The molecule has 3 rings (SSSR count). The van der Waals surface area contributed by atoms with Crippen molar-refractivity contribution in [3.8, 4) is 0 Å². The number of halogens is 2. The number of rotatable bonds is 7. The summed E-state index contributed by atoms with van der Waals surface area (Å²) in [6.45, 7) is 8.67. The summed E-state index contributed by atoms with van der Waals surface area (Å²) in [6.07, 6.45) is 2.49. The maximum atomic E-state index is 14.0. The Balaban J connectivity index is 1.47. The summed E-state index contributed by atoms with van der Waals surface area (Å²) in [5, 5.41) is 3.64. The molecule has 1 aliphatic heterocycles. The number of hydrogen-bond acceptors (Lipinski definition) is 2. The van der Waals surface area contributed by atoms with Gasteiger partial charge in [-0.1, -0.05) is 61.8 Å². The molecule has 0 aliphatic carbocycles. The van der Waals surface area contributed by atoms with Gasteiger partial charge in [-0.15, -0.1) is 0 Å². The van der Waals surface area contributed by atoms with Crippen molar-refractivity contribution >= 4 is 17.5 Å². The van der Waals surface area contributed by atoms with Crippen LogP contribution in [0.3, 0.4) is 0 Å². The Morgan fingerprint density at radius 3 is 2.50 bits per heavy atom. The van der Waals surface area contributed by atoms with E-state index < -0.39 is 0 Å². The predicted octanol–water partition coefficient (Wildman–Crippen LogP) is 5.56. The molecule has 1 aliphatic rings. The highest BCUT2D eigenvalue weighted by Crippen LogP contribution is 2.28. The molecular weight excluding hydrogens is 399 g/mol. The van der Waals surface area contributed by atoms with Gasteiger partial charge in [0.1, 0.15) is 5.82 Å². The van der Waals surface area contributed by atoms with E-state index in [9.17, 15) is 9.18 Å². The average molecular weight is 431 g/mol. The molecule has 0 radical (unpaired) electrons. The van der Waals surface area contributed by atoms with Gasteiger partial charge < -0.3 is 5.32 Å². The molecule has 0 bridgehead atoms. The van der Waals surface area contributed by atoms with Crippen molar-refractivity contribution in [1.29, 1.82) is 0 Å². The summed E-state index contributed by atoms with van der Waals surface area (Å²) in [6, 6.07) is 15.4. The Kier molecular flexibility index (Phi) is 7.54. The summed E-state index contributed by atoms with van der Waals surface area (Å²) in [7, 11) is 0. The van der Waals surface area contributed by atoms with Crippen LogP contribution in [-0.4, -0.2) is 29.9 Å². The molecule has 0 spiro atoms. The fourth-order valence-electron chi connectivity index (χ4n) is 4.43. The first kappa shape index (κ1) is 22.8. The van der Waals surface area contributed by atoms with Crippen molar-refractivity contribution in [2.45, 2.75) is 58.0 Å². The maximum absolute atomic E-state index is 14.0. The minimum absolute atomic E-state index is 0.0000260. The van der Waals surface area contributed by atoms with Crippen molar-refractivity contribution in [1.82, 2.24) is 10.2 Å². The Morgan fingerprint density at radius 1 is 1.20 bits per heavy atom. The van der Waals surface area contributed by atoms with Crippen LogP contribution in [0.15, 0.2) is 48.5 Å². The molecule has 2 aromatic rings. The lowest BCUT2D eigenvalue weighted by Crippen LogP contribution is -2.44. The first-order valence-electron chi connectivity index (χ1n) is 10.8. The molecule has 2 aromatic carbocycles. The van der Waals surface area contributed by atoms with Crippen LogP contribution in [0.4, 0.5) is 4.39 Å². The number of piperidine rings is 1. The molecule has 1 atom stereocenters. The van der Waals surface area contributed by atoms with Gasteiger partial charge in [-0.05, 0) is 62.4 Å². The van der Waals surface area contributed by atoms with Gasteiger partial charge in [-0.3, -0.25) is 9.69 Å². The molecule has 0 aromatic heterocycles. The summed E-state index contributed by atoms with van der Waals surface area (Å²) in [5.41, 5.74) is 1.94. The van der Waals surface area contributed by atoms with Gasteiger partial charge in [-0.25, -0.2) is 4.39 Å². The average Bonchev–Trinajstić information content (AvgIpc) is 2.71. The van der Waals surface area contributed by atoms with E-state index in [4.69, 9.17) is 11.6 Å². The third kappa shape index (κ3) is 6.05. The predicted molar refractivity (Wildman–Crippen MR) is 121 cm³/mol. The lowest BCUT2D eigenvalue weighted by Gasteiger charge is -2.33. The molecule has 0 unspecified atom stereocenters. The lowest BCUT2D eigenvalue weighted by molar-refractivity contribution is -0.127. The standard InChI is InChI=1S/C25H32ClFN2O/c1-18(16-25(2,3)21-7-5-4-6-8-21)28-24(30)19-11-13-29(14-12-19)17-20-9-10-22(26)15-23(20)27/h4-10,15,18-19H,11-14,16-17H2,1-3H3,(H,28,30)/t18-/m0/s1. The molecule has 30 heavy (non-hydrogen) atoms. The fourth-order valence-corrected chi connectivity index (χ4v) is 4.59. The van der Waals surface area contributed by atoms with Gasteiger partial charge in [0.05, 0.1) is 0 Å². The van der Waals surface area contributed by atoms with E-state index in [1.54, 1.807) is 12.1 Å². The van der Waals surface area contributed by atoms with Crippen molar-refractivity contribution < 1.29 is 9.18 Å². The van der Waals surface area contributed by atoms with Gasteiger partial charge in [0.15, 0.2) is 0 Å². The smallest absolute Gasteiger partial charge is 0.223 e. The quantitative estimate of drug-likeness (QED) is 0.623. The Morgan fingerprint density at radius 2 is 1.87 bits per heavy atom. The number of carbonyl (C=O) groups excluding carboxylic acids is 1. The zero-order valence-electron chi connectivity index (χ0n) is 18.1. The van der Waals surface area contributed by atoms with Crippen molar-refractivity contribution in [3.05, 3.63) is 70.5 Å². The van der Waals surface area contributed by atoms with E-state index in [1.165, 1.54) is 11.6 Å². The normalized spacial score (nSPS) is 17.0. The third-order valence-corrected chi connectivity index (χ3v) is 6.36. The van der Waals surface area contributed by atoms with Gasteiger partial charge in [0, 0.05) is 29.1 Å². The second-order valence-electron chi connectivity index (χ2n) is 9.15. The number of likely N-dealkylation sites (tertiary alicyclic amines) is 1. The molecule has 1 fully saturated rings. The van der Waals surface area contributed by atoms with Crippen molar-refractivity contribution in [3.63, 3.8) is 0 Å². The van der Waals surface area contributed by atoms with Crippen LogP contribution in [-0.2, 0) is 16.8 Å². The van der Waals surface area contributed by atoms with Crippen LogP contribution >= 0.6 is 11.6 Å². The van der Waals surface area contributed by atoms with Crippen LogP contribution in [0.1, 0.15) is 51.2 Å². The molecule has 5 heteroatoms. The molecule has 1 amide bonds. The van der Waals surface area contributed by atoms with Crippen molar-refractivity contribution in [2.24, 2.45) is 5.92 Å². The zero-order chi connectivity index (χ0) is 21.7. The van der Waals surface area contributed by atoms with Crippen LogP contribution < -0.4 is 5.32 Å². The molecule has 1 heterocycles. The molecule has 162 valence electrons. The van der Waals surface area contributed by atoms with Gasteiger partial charge in [0.25, 0.3) is 0 Å². The summed E-state index contributed by atoms with van der Waals surface area (Å²) in [5.74, 6) is -0.0977. The lowest BCUT2D eigenvalue weighted by atomic mass is 9.79. The van der Waals surface area contributed by atoms with Gasteiger partial charge >= 0.3 is 0 Å². The fraction of sp³-hybridized carbons (Fsp3) is 0.480. The van der Waals surface area contributed by atoms with E-state index in [2.05, 4.69) is 55.3 Å². The molecule has 1 N–H and O–H groups in total. The van der Waals surface area contributed by atoms with E-state index in [0.717, 1.165) is 32.4 Å². The monoisotopic (exact) mass is 430 g/mol. The summed E-state index contributed by atoms with van der Waals surface area (Å²) >= 11 is 5.83. The number of benzene rings is 2. The molecule has 3 nitrogen and oxygen atoms in total. The minimum atomic E-state index is -0.266. The Hall–Kier alpha value is -1.91. The van der Waals surface area contributed by atoms with Crippen LogP contribution in [0.2, 0.25) is 5.02 Å². The highest BCUT2D eigenvalue weighted by Gasteiger charge is 2.28. The first-order valence-corrected chi connectivity index (χ1v) is 11.1. The molecule has 1 saturated heterocycles. The summed E-state index contributed by atoms with van der Waals surface area (Å²) in [4.78, 5) is 15.0. The summed E-state index contributed by atoms with van der Waals surface area (Å²) < 4.78 is 14.0. The molecular formula is C25H32ClFN2O. The number of carbonyl (C=O) groups is 1. The molecule has 0 saturated carbocycles. The second-order valence-corrected chi connectivity index (χ2v) is 9.59. The van der Waals surface area contributed by atoms with Gasteiger partial charge in [-0.2, -0.15) is 0 Å². The van der Waals surface area contributed by atoms with E-state index in [1.807, 2.05) is 6.07 Å². The number of nitrogens with zero attached hydrogens (tertiary/aromatic N) is 1. The Labute approximate surface area is 184 Å². The second kappa shape index (κ2) is 9.93. The highest BCUT2D eigenvalue weighted by molar-refractivity contribution is 6.30. The van der Waals surface area contributed by atoms with Crippen LogP contribution in [0.25, 0.3) is 0 Å². The SMILES string of the molecule is C[C@@H](CC(C)(C)c1ccccc1)NC(=O)C1CCN(Cc2ccc(Cl)cc2F)CC1. The minimum Gasteiger partial charge on any atom is -0.353 e.